The van der Waals surface area contributed by atoms with E-state index in [4.69, 9.17) is 4.52 Å². The van der Waals surface area contributed by atoms with Gasteiger partial charge in [-0.05, 0) is 29.7 Å². The molecule has 0 fully saturated rings. The van der Waals surface area contributed by atoms with Crippen LogP contribution in [0.1, 0.15) is 19.2 Å². The first kappa shape index (κ1) is 13.5. The molecule has 0 spiro atoms. The molecule has 0 atom stereocenters. The summed E-state index contributed by atoms with van der Waals surface area (Å²) in [4.78, 5) is 4.35. The van der Waals surface area contributed by atoms with Crippen molar-refractivity contribution in [3.63, 3.8) is 0 Å². The van der Waals surface area contributed by atoms with Gasteiger partial charge in [-0.1, -0.05) is 48.5 Å². The number of aryl methyl sites for hydroxylation is 1. The van der Waals surface area contributed by atoms with E-state index in [0.717, 1.165) is 29.5 Å². The van der Waals surface area contributed by atoms with E-state index < -0.39 is 0 Å². The van der Waals surface area contributed by atoms with Crippen LogP contribution >= 0.6 is 0 Å². The number of nitrogens with zero attached hydrogens (tertiary/aromatic N) is 2. The third-order valence-corrected chi connectivity index (χ3v) is 3.23. The molecule has 106 valence electrons. The Balaban J connectivity index is 1.86. The number of halogens is 1. The van der Waals surface area contributed by atoms with Gasteiger partial charge in [0.15, 0.2) is 0 Å². The molecule has 1 heterocycles. The van der Waals surface area contributed by atoms with Crippen LogP contribution in [0, 0.1) is 5.82 Å². The highest BCUT2D eigenvalue weighted by molar-refractivity contribution is 5.67. The lowest BCUT2D eigenvalue weighted by molar-refractivity contribution is 0.378. The van der Waals surface area contributed by atoms with Crippen molar-refractivity contribution in [3.05, 3.63) is 60.2 Å². The summed E-state index contributed by atoms with van der Waals surface area (Å²) in [5, 5.41) is 3.98. The summed E-state index contributed by atoms with van der Waals surface area (Å²) in [5.74, 6) is 1.00. The number of rotatable bonds is 4. The molecule has 0 aliphatic heterocycles. The third-order valence-electron chi connectivity index (χ3n) is 3.23. The number of hydrogen-bond donors (Lipinski definition) is 0. The Morgan fingerprint density at radius 3 is 2.48 bits per heavy atom. The monoisotopic (exact) mass is 282 g/mol. The Labute approximate surface area is 122 Å². The molecule has 21 heavy (non-hydrogen) atoms. The smallest absolute Gasteiger partial charge is 0.226 e. The highest BCUT2D eigenvalue weighted by Gasteiger charge is 2.08. The largest absolute Gasteiger partial charge is 0.339 e. The summed E-state index contributed by atoms with van der Waals surface area (Å²) in [5.41, 5.74) is 2.69. The van der Waals surface area contributed by atoms with E-state index in [9.17, 15) is 4.39 Å². The minimum atomic E-state index is -0.237. The van der Waals surface area contributed by atoms with Crippen LogP contribution in [0.15, 0.2) is 53.1 Å². The minimum absolute atomic E-state index is 0.237. The van der Waals surface area contributed by atoms with E-state index in [-0.39, 0.29) is 5.82 Å². The fourth-order valence-electron chi connectivity index (χ4n) is 2.17. The number of hydrogen-bond acceptors (Lipinski definition) is 3. The van der Waals surface area contributed by atoms with Gasteiger partial charge in [-0.25, -0.2) is 4.39 Å². The van der Waals surface area contributed by atoms with Gasteiger partial charge < -0.3 is 4.52 Å². The van der Waals surface area contributed by atoms with Crippen LogP contribution in [0.4, 0.5) is 4.39 Å². The molecule has 0 aliphatic carbocycles. The zero-order valence-corrected chi connectivity index (χ0v) is 11.7. The normalized spacial score (nSPS) is 10.8. The summed E-state index contributed by atoms with van der Waals surface area (Å²) < 4.78 is 18.4. The highest BCUT2D eigenvalue weighted by atomic mass is 19.1. The van der Waals surface area contributed by atoms with Gasteiger partial charge in [-0.15, -0.1) is 0 Å². The van der Waals surface area contributed by atoms with Gasteiger partial charge in [0.05, 0.1) is 0 Å². The van der Waals surface area contributed by atoms with Gasteiger partial charge in [0, 0.05) is 12.0 Å². The standard InChI is InChI=1S/C17H15FN2O/c1-2-4-16-19-17(20-21-16)13-9-7-12(8-10-13)14-5-3-6-15(18)11-14/h3,5-11H,2,4H2,1H3. The number of aromatic nitrogens is 2. The van der Waals surface area contributed by atoms with Gasteiger partial charge in [-0.2, -0.15) is 4.98 Å². The molecule has 3 nitrogen and oxygen atoms in total. The summed E-state index contributed by atoms with van der Waals surface area (Å²) >= 11 is 0. The highest BCUT2D eigenvalue weighted by Crippen LogP contribution is 2.24. The van der Waals surface area contributed by atoms with Crippen LogP contribution < -0.4 is 0 Å². The van der Waals surface area contributed by atoms with Crippen LogP contribution in [-0.4, -0.2) is 10.1 Å². The first-order chi connectivity index (χ1) is 10.3. The molecule has 4 heteroatoms. The topological polar surface area (TPSA) is 38.9 Å². The van der Waals surface area contributed by atoms with E-state index in [1.807, 2.05) is 30.3 Å². The Bertz CT molecular complexity index is 735. The molecule has 1 aromatic heterocycles. The van der Waals surface area contributed by atoms with Gasteiger partial charge in [0.1, 0.15) is 5.82 Å². The summed E-state index contributed by atoms with van der Waals surface area (Å²) in [6.45, 7) is 2.07. The molecule has 0 unspecified atom stereocenters. The lowest BCUT2D eigenvalue weighted by Gasteiger charge is -2.02. The molecule has 3 aromatic rings. The molecule has 0 saturated carbocycles. The molecule has 0 aliphatic rings. The van der Waals surface area contributed by atoms with Crippen LogP contribution in [0.3, 0.4) is 0 Å². The predicted octanol–water partition coefficient (Wildman–Crippen LogP) is 4.50. The first-order valence-electron chi connectivity index (χ1n) is 6.95. The van der Waals surface area contributed by atoms with Crippen molar-refractivity contribution in [1.82, 2.24) is 10.1 Å². The predicted molar refractivity (Wildman–Crippen MR) is 79.1 cm³/mol. The fourth-order valence-corrected chi connectivity index (χ4v) is 2.17. The third kappa shape index (κ3) is 2.99. The summed E-state index contributed by atoms with van der Waals surface area (Å²) in [6, 6.07) is 14.2. The van der Waals surface area contributed by atoms with Crippen molar-refractivity contribution in [2.24, 2.45) is 0 Å². The van der Waals surface area contributed by atoms with Crippen LogP contribution in [0.5, 0.6) is 0 Å². The zero-order chi connectivity index (χ0) is 14.7. The molecule has 0 bridgehead atoms. The number of benzene rings is 2. The average Bonchev–Trinajstić information content (AvgIpc) is 2.97. The maximum absolute atomic E-state index is 13.2. The minimum Gasteiger partial charge on any atom is -0.339 e. The van der Waals surface area contributed by atoms with Crippen LogP contribution in [-0.2, 0) is 6.42 Å². The zero-order valence-electron chi connectivity index (χ0n) is 11.7. The van der Waals surface area contributed by atoms with Gasteiger partial charge in [0.25, 0.3) is 0 Å². The maximum Gasteiger partial charge on any atom is 0.226 e. The van der Waals surface area contributed by atoms with Crippen molar-refractivity contribution in [1.29, 1.82) is 0 Å². The molecule has 0 radical (unpaired) electrons. The Kier molecular flexibility index (Phi) is 3.77. The quantitative estimate of drug-likeness (QED) is 0.707. The van der Waals surface area contributed by atoms with E-state index in [1.54, 1.807) is 6.07 Å². The second-order valence-electron chi connectivity index (χ2n) is 4.85. The van der Waals surface area contributed by atoms with Gasteiger partial charge in [0.2, 0.25) is 11.7 Å². The van der Waals surface area contributed by atoms with E-state index in [0.29, 0.717) is 11.7 Å². The second kappa shape index (κ2) is 5.87. The van der Waals surface area contributed by atoms with E-state index >= 15 is 0 Å². The Morgan fingerprint density at radius 2 is 1.76 bits per heavy atom. The molecule has 2 aromatic carbocycles. The van der Waals surface area contributed by atoms with Crippen LogP contribution in [0.2, 0.25) is 0 Å². The van der Waals surface area contributed by atoms with Crippen molar-refractivity contribution in [3.8, 4) is 22.5 Å². The molecule has 0 saturated heterocycles. The lowest BCUT2D eigenvalue weighted by atomic mass is 10.0. The van der Waals surface area contributed by atoms with Crippen molar-refractivity contribution in [2.75, 3.05) is 0 Å². The molecular weight excluding hydrogens is 267 g/mol. The molecule has 0 amide bonds. The lowest BCUT2D eigenvalue weighted by Crippen LogP contribution is -1.85. The van der Waals surface area contributed by atoms with Crippen LogP contribution in [0.25, 0.3) is 22.5 Å². The van der Waals surface area contributed by atoms with E-state index in [1.165, 1.54) is 12.1 Å². The first-order valence-corrected chi connectivity index (χ1v) is 6.95. The fraction of sp³-hybridized carbons (Fsp3) is 0.176. The summed E-state index contributed by atoms with van der Waals surface area (Å²) in [7, 11) is 0. The second-order valence-corrected chi connectivity index (χ2v) is 4.85. The van der Waals surface area contributed by atoms with Crippen molar-refractivity contribution in [2.45, 2.75) is 19.8 Å². The summed E-state index contributed by atoms with van der Waals surface area (Å²) in [6.07, 6.45) is 1.76. The average molecular weight is 282 g/mol. The Morgan fingerprint density at radius 1 is 1.00 bits per heavy atom. The van der Waals surface area contributed by atoms with Crippen molar-refractivity contribution < 1.29 is 8.91 Å². The van der Waals surface area contributed by atoms with E-state index in [2.05, 4.69) is 17.1 Å². The van der Waals surface area contributed by atoms with Gasteiger partial charge >= 0.3 is 0 Å². The molecule has 3 rings (SSSR count). The maximum atomic E-state index is 13.2. The van der Waals surface area contributed by atoms with Crippen molar-refractivity contribution >= 4 is 0 Å². The van der Waals surface area contributed by atoms with Gasteiger partial charge in [-0.3, -0.25) is 0 Å². The molecular formula is C17H15FN2O. The Hall–Kier alpha value is -2.49. The SMILES string of the molecule is CCCc1nc(-c2ccc(-c3cccc(F)c3)cc2)no1. The molecule has 0 N–H and O–H groups in total.